The summed E-state index contributed by atoms with van der Waals surface area (Å²) in [6.45, 7) is -0.0669. The van der Waals surface area contributed by atoms with Gasteiger partial charge in [0.1, 0.15) is 12.4 Å². The van der Waals surface area contributed by atoms with E-state index in [4.69, 9.17) is 4.74 Å². The maximum absolute atomic E-state index is 11.3. The standard InChI is InChI=1S/C15H15NO4S/c17-10-14(20-11-12-5-2-1-3-6-12)13(9-16(18)19)15-7-4-8-21-15/h1-8,10,13-14H,9,11H2/t13-,14-/m0/s1. The number of nitro groups is 1. The van der Waals surface area contributed by atoms with Crippen LogP contribution < -0.4 is 0 Å². The number of ether oxygens (including phenoxy) is 1. The maximum Gasteiger partial charge on any atom is 0.214 e. The monoisotopic (exact) mass is 305 g/mol. The molecule has 0 unspecified atom stereocenters. The minimum atomic E-state index is -0.825. The van der Waals surface area contributed by atoms with Gasteiger partial charge in [0.25, 0.3) is 0 Å². The van der Waals surface area contributed by atoms with Crippen LogP contribution in [0, 0.1) is 10.1 Å². The number of carbonyl (C=O) groups is 1. The first kappa shape index (κ1) is 15.3. The molecule has 2 atom stereocenters. The van der Waals surface area contributed by atoms with E-state index in [0.29, 0.717) is 6.29 Å². The Morgan fingerprint density at radius 2 is 2.00 bits per heavy atom. The molecule has 0 amide bonds. The Morgan fingerprint density at radius 1 is 1.24 bits per heavy atom. The number of benzene rings is 1. The van der Waals surface area contributed by atoms with Crippen molar-refractivity contribution in [1.82, 2.24) is 0 Å². The first-order chi connectivity index (χ1) is 10.2. The fourth-order valence-electron chi connectivity index (χ4n) is 2.04. The normalized spacial score (nSPS) is 13.5. The molecule has 0 saturated heterocycles. The molecule has 0 N–H and O–H groups in total. The van der Waals surface area contributed by atoms with Crippen LogP contribution in [0.1, 0.15) is 16.4 Å². The number of thiophene rings is 1. The molecule has 0 aliphatic carbocycles. The van der Waals surface area contributed by atoms with Gasteiger partial charge in [0.05, 0.1) is 12.5 Å². The Kier molecular flexibility index (Phi) is 5.59. The SMILES string of the molecule is O=C[C@H](OCc1ccccc1)[C@H](C[N+](=O)[O-])c1cccs1. The summed E-state index contributed by atoms with van der Waals surface area (Å²) in [6.07, 6.45) is -0.175. The van der Waals surface area contributed by atoms with Crippen LogP contribution in [0.15, 0.2) is 47.8 Å². The predicted octanol–water partition coefficient (Wildman–Crippen LogP) is 2.89. The van der Waals surface area contributed by atoms with E-state index in [1.807, 2.05) is 41.8 Å². The van der Waals surface area contributed by atoms with Gasteiger partial charge < -0.3 is 9.53 Å². The average molecular weight is 305 g/mol. The summed E-state index contributed by atoms with van der Waals surface area (Å²) in [4.78, 5) is 22.5. The van der Waals surface area contributed by atoms with Crippen LogP contribution >= 0.6 is 11.3 Å². The first-order valence-electron chi connectivity index (χ1n) is 6.46. The highest BCUT2D eigenvalue weighted by Gasteiger charge is 2.29. The molecule has 2 aromatic rings. The largest absolute Gasteiger partial charge is 0.365 e. The van der Waals surface area contributed by atoms with Crippen LogP contribution in [0.4, 0.5) is 0 Å². The first-order valence-corrected chi connectivity index (χ1v) is 7.34. The highest BCUT2D eigenvalue weighted by molar-refractivity contribution is 7.10. The minimum Gasteiger partial charge on any atom is -0.365 e. The highest BCUT2D eigenvalue weighted by Crippen LogP contribution is 2.26. The summed E-state index contributed by atoms with van der Waals surface area (Å²) >= 11 is 1.40. The number of carbonyl (C=O) groups excluding carboxylic acids is 1. The van der Waals surface area contributed by atoms with Crippen molar-refractivity contribution in [2.24, 2.45) is 0 Å². The number of rotatable bonds is 8. The lowest BCUT2D eigenvalue weighted by molar-refractivity contribution is -0.484. The van der Waals surface area contributed by atoms with Crippen molar-refractivity contribution in [3.8, 4) is 0 Å². The molecule has 2 rings (SSSR count). The summed E-state index contributed by atoms with van der Waals surface area (Å²) < 4.78 is 5.60. The maximum atomic E-state index is 11.3. The zero-order valence-corrected chi connectivity index (χ0v) is 12.1. The van der Waals surface area contributed by atoms with E-state index in [-0.39, 0.29) is 13.2 Å². The quantitative estimate of drug-likeness (QED) is 0.427. The third-order valence-corrected chi connectivity index (χ3v) is 4.07. The molecule has 0 aliphatic rings. The zero-order chi connectivity index (χ0) is 15.1. The van der Waals surface area contributed by atoms with Crippen LogP contribution in [-0.2, 0) is 16.1 Å². The number of hydrogen-bond donors (Lipinski definition) is 0. The predicted molar refractivity (Wildman–Crippen MR) is 80.0 cm³/mol. The van der Waals surface area contributed by atoms with Gasteiger partial charge >= 0.3 is 0 Å². The van der Waals surface area contributed by atoms with Gasteiger partial charge in [-0.2, -0.15) is 0 Å². The summed E-state index contributed by atoms with van der Waals surface area (Å²) in [5, 5.41) is 12.7. The van der Waals surface area contributed by atoms with Crippen molar-refractivity contribution >= 4 is 17.6 Å². The summed E-state index contributed by atoms with van der Waals surface area (Å²) in [5.74, 6) is -0.554. The van der Waals surface area contributed by atoms with E-state index in [1.54, 1.807) is 6.07 Å². The van der Waals surface area contributed by atoms with Crippen LogP contribution in [0.25, 0.3) is 0 Å². The minimum absolute atomic E-state index is 0.254. The molecule has 6 heteroatoms. The Hall–Kier alpha value is -2.05. The van der Waals surface area contributed by atoms with Crippen molar-refractivity contribution in [3.63, 3.8) is 0 Å². The molecule has 1 aromatic carbocycles. The number of aldehydes is 1. The lowest BCUT2D eigenvalue weighted by atomic mass is 10.0. The second-order valence-corrected chi connectivity index (χ2v) is 5.51. The van der Waals surface area contributed by atoms with Gasteiger partial charge in [-0.15, -0.1) is 11.3 Å². The van der Waals surface area contributed by atoms with Gasteiger partial charge in [0.15, 0.2) is 0 Å². The molecule has 110 valence electrons. The van der Waals surface area contributed by atoms with Crippen molar-refractivity contribution in [1.29, 1.82) is 0 Å². The molecule has 0 saturated carbocycles. The second-order valence-electron chi connectivity index (χ2n) is 4.53. The molecule has 0 spiro atoms. The molecule has 5 nitrogen and oxygen atoms in total. The fraction of sp³-hybridized carbons (Fsp3) is 0.267. The average Bonchev–Trinajstić information content (AvgIpc) is 3.01. The van der Waals surface area contributed by atoms with E-state index in [0.717, 1.165) is 10.4 Å². The topological polar surface area (TPSA) is 69.4 Å². The van der Waals surface area contributed by atoms with Crippen molar-refractivity contribution in [2.75, 3.05) is 6.54 Å². The van der Waals surface area contributed by atoms with E-state index >= 15 is 0 Å². The molecule has 0 radical (unpaired) electrons. The molecule has 1 aromatic heterocycles. The van der Waals surface area contributed by atoms with Crippen molar-refractivity contribution in [3.05, 3.63) is 68.4 Å². The van der Waals surface area contributed by atoms with Crippen LogP contribution in [0.2, 0.25) is 0 Å². The zero-order valence-electron chi connectivity index (χ0n) is 11.3. The molecule has 0 bridgehead atoms. The van der Waals surface area contributed by atoms with Gasteiger partial charge in [0.2, 0.25) is 6.54 Å². The molecule has 1 heterocycles. The van der Waals surface area contributed by atoms with Gasteiger partial charge in [-0.05, 0) is 17.0 Å². The smallest absolute Gasteiger partial charge is 0.214 e. The third kappa shape index (κ3) is 4.47. The lowest BCUT2D eigenvalue weighted by Gasteiger charge is -2.19. The summed E-state index contributed by atoms with van der Waals surface area (Å²) in [6, 6.07) is 13.0. The summed E-state index contributed by atoms with van der Waals surface area (Å²) in [5.41, 5.74) is 0.926. The molecular formula is C15H15NO4S. The second kappa shape index (κ2) is 7.66. The molecule has 0 fully saturated rings. The lowest BCUT2D eigenvalue weighted by Crippen LogP contribution is -2.28. The van der Waals surface area contributed by atoms with Gasteiger partial charge in [-0.1, -0.05) is 36.4 Å². The molecule has 21 heavy (non-hydrogen) atoms. The Balaban J connectivity index is 2.08. The number of hydrogen-bond acceptors (Lipinski definition) is 5. The van der Waals surface area contributed by atoms with Gasteiger partial charge in [0, 0.05) is 9.80 Å². The Bertz CT molecular complexity index is 571. The Morgan fingerprint density at radius 3 is 2.57 bits per heavy atom. The van der Waals surface area contributed by atoms with E-state index in [1.165, 1.54) is 11.3 Å². The molecule has 0 aliphatic heterocycles. The van der Waals surface area contributed by atoms with Crippen LogP contribution in [0.3, 0.4) is 0 Å². The Labute approximate surface area is 126 Å². The van der Waals surface area contributed by atoms with Crippen molar-refractivity contribution in [2.45, 2.75) is 18.6 Å². The molecular weight excluding hydrogens is 290 g/mol. The summed E-state index contributed by atoms with van der Waals surface area (Å²) in [7, 11) is 0. The third-order valence-electron chi connectivity index (χ3n) is 3.07. The van der Waals surface area contributed by atoms with Crippen LogP contribution in [0.5, 0.6) is 0 Å². The van der Waals surface area contributed by atoms with Gasteiger partial charge in [-0.3, -0.25) is 10.1 Å². The van der Waals surface area contributed by atoms with Crippen LogP contribution in [-0.4, -0.2) is 23.9 Å². The van der Waals surface area contributed by atoms with E-state index in [9.17, 15) is 14.9 Å². The van der Waals surface area contributed by atoms with E-state index < -0.39 is 16.9 Å². The van der Waals surface area contributed by atoms with E-state index in [2.05, 4.69) is 0 Å². The fourth-order valence-corrected chi connectivity index (χ4v) is 2.89. The highest BCUT2D eigenvalue weighted by atomic mass is 32.1. The number of nitrogens with zero attached hydrogens (tertiary/aromatic N) is 1. The van der Waals surface area contributed by atoms with Gasteiger partial charge in [-0.25, -0.2) is 0 Å². The van der Waals surface area contributed by atoms with Crippen molar-refractivity contribution < 1.29 is 14.5 Å².